The quantitative estimate of drug-likeness (QED) is 0.448. The van der Waals surface area contributed by atoms with Crippen molar-refractivity contribution in [1.82, 2.24) is 0 Å². The molecule has 9 nitrogen and oxygen atoms in total. The maximum absolute atomic E-state index is 10.4. The summed E-state index contributed by atoms with van der Waals surface area (Å²) < 4.78 is 0. The van der Waals surface area contributed by atoms with E-state index in [1.807, 2.05) is 0 Å². The maximum atomic E-state index is 10.4. The zero-order valence-corrected chi connectivity index (χ0v) is 10.5. The molecular weight excluding hydrogens is 272 g/mol. The number of carboxylic acid groups (broad SMARTS) is 2. The Balaban J connectivity index is 0.000000511. The van der Waals surface area contributed by atoms with E-state index in [-0.39, 0.29) is 11.3 Å². The van der Waals surface area contributed by atoms with E-state index in [0.29, 0.717) is 0 Å². The van der Waals surface area contributed by atoms with Crippen LogP contribution in [-0.4, -0.2) is 38.2 Å². The fourth-order valence-electron chi connectivity index (χ4n) is 0.951. The average Bonchev–Trinajstić information content (AvgIpc) is 2.38. The first-order valence-electron chi connectivity index (χ1n) is 5.30. The normalized spacial score (nSPS) is 12.6. The molecule has 1 aromatic carbocycles. The Morgan fingerprint density at radius 1 is 1.30 bits per heavy atom. The van der Waals surface area contributed by atoms with Crippen LogP contribution in [0.15, 0.2) is 24.3 Å². The van der Waals surface area contributed by atoms with Gasteiger partial charge in [-0.1, -0.05) is 12.1 Å². The van der Waals surface area contributed by atoms with Crippen molar-refractivity contribution in [1.29, 1.82) is 0 Å². The minimum Gasteiger partial charge on any atom is -0.480 e. The second-order valence-corrected chi connectivity index (χ2v) is 3.72. The highest BCUT2D eigenvalue weighted by molar-refractivity contribution is 5.74. The molecule has 0 spiro atoms. The molecule has 9 heteroatoms. The van der Waals surface area contributed by atoms with Gasteiger partial charge in [0.1, 0.15) is 6.04 Å². The molecule has 0 bridgehead atoms. The first kappa shape index (κ1) is 17.5. The number of aliphatic hydroxyl groups excluding tert-OH is 1. The lowest BCUT2D eigenvalue weighted by Gasteiger charge is -2.04. The molecule has 0 saturated heterocycles. The topological polar surface area (TPSA) is 164 Å². The molecule has 1 aromatic rings. The maximum Gasteiger partial charge on any atom is 0.337 e. The molecule has 110 valence electrons. The van der Waals surface area contributed by atoms with Crippen molar-refractivity contribution >= 4 is 17.6 Å². The molecule has 2 atom stereocenters. The number of aliphatic hydroxyl groups is 1. The van der Waals surface area contributed by atoms with E-state index in [2.05, 4.69) is 0 Å². The van der Waals surface area contributed by atoms with Gasteiger partial charge in [0, 0.05) is 12.1 Å². The molecule has 0 heterocycles. The number of nitrogens with two attached hydrogens (primary N) is 1. The molecule has 0 radical (unpaired) electrons. The molecule has 0 amide bonds. The lowest BCUT2D eigenvalue weighted by Crippen LogP contribution is -2.25. The summed E-state index contributed by atoms with van der Waals surface area (Å²) in [5.41, 5.74) is 4.58. The van der Waals surface area contributed by atoms with Gasteiger partial charge in [-0.3, -0.25) is 14.9 Å². The van der Waals surface area contributed by atoms with Gasteiger partial charge in [0.05, 0.1) is 4.92 Å². The summed E-state index contributed by atoms with van der Waals surface area (Å²) >= 11 is 0. The highest BCUT2D eigenvalue weighted by Gasteiger charge is 2.18. The van der Waals surface area contributed by atoms with E-state index in [9.17, 15) is 19.7 Å². The standard InChI is InChI=1S/C8H7NO5.C3H7NO2/c10-7(8(11)12)5-2-1-3-6(4-5)9(13)14;1-2(4)3(5)6/h1-4,7,10H,(H,11,12);2H,4H2,1H3,(H,5,6)/t;2-/m.0/s1. The summed E-state index contributed by atoms with van der Waals surface area (Å²) in [6.45, 7) is 1.42. The van der Waals surface area contributed by atoms with Crippen molar-refractivity contribution < 1.29 is 29.8 Å². The number of aliphatic carboxylic acids is 2. The lowest BCUT2D eigenvalue weighted by molar-refractivity contribution is -0.385. The number of rotatable bonds is 4. The molecule has 0 aromatic heterocycles. The predicted octanol–water partition coefficient (Wildman–Crippen LogP) is 0.131. The number of carbonyl (C=O) groups is 2. The first-order chi connectivity index (χ1) is 9.16. The Kier molecular flexibility index (Phi) is 6.83. The number of hydrogen-bond donors (Lipinski definition) is 4. The van der Waals surface area contributed by atoms with Crippen LogP contribution in [-0.2, 0) is 9.59 Å². The van der Waals surface area contributed by atoms with Crippen LogP contribution >= 0.6 is 0 Å². The van der Waals surface area contributed by atoms with Crippen LogP contribution < -0.4 is 5.73 Å². The fraction of sp³-hybridized carbons (Fsp3) is 0.273. The lowest BCUT2D eigenvalue weighted by atomic mass is 10.1. The zero-order valence-electron chi connectivity index (χ0n) is 10.5. The Morgan fingerprint density at radius 2 is 1.80 bits per heavy atom. The number of nitro groups is 1. The third kappa shape index (κ3) is 5.89. The summed E-state index contributed by atoms with van der Waals surface area (Å²) in [6.07, 6.45) is -1.73. The van der Waals surface area contributed by atoms with Crippen molar-refractivity contribution in [3.05, 3.63) is 39.9 Å². The molecule has 1 rings (SSSR count). The summed E-state index contributed by atoms with van der Waals surface area (Å²) in [5.74, 6) is -2.40. The van der Waals surface area contributed by atoms with E-state index in [1.54, 1.807) is 0 Å². The summed E-state index contributed by atoms with van der Waals surface area (Å²) in [4.78, 5) is 29.6. The number of carboxylic acids is 2. The van der Waals surface area contributed by atoms with Gasteiger partial charge in [-0.25, -0.2) is 4.79 Å². The summed E-state index contributed by atoms with van der Waals surface area (Å²) in [7, 11) is 0. The minimum absolute atomic E-state index is 0.00769. The average molecular weight is 286 g/mol. The van der Waals surface area contributed by atoms with Crippen LogP contribution in [0.4, 0.5) is 5.69 Å². The van der Waals surface area contributed by atoms with Gasteiger partial charge in [0.25, 0.3) is 5.69 Å². The molecule has 0 aliphatic carbocycles. The molecule has 0 fully saturated rings. The Bertz CT molecular complexity index is 501. The van der Waals surface area contributed by atoms with Crippen molar-refractivity contribution in [3.63, 3.8) is 0 Å². The number of benzene rings is 1. The zero-order chi connectivity index (χ0) is 15.9. The Labute approximate surface area is 113 Å². The van der Waals surface area contributed by atoms with E-state index in [1.165, 1.54) is 25.1 Å². The van der Waals surface area contributed by atoms with Crippen LogP contribution in [0, 0.1) is 10.1 Å². The summed E-state index contributed by atoms with van der Waals surface area (Å²) in [5, 5.41) is 35.7. The third-order valence-electron chi connectivity index (χ3n) is 2.02. The van der Waals surface area contributed by atoms with Gasteiger partial charge >= 0.3 is 11.9 Å². The van der Waals surface area contributed by atoms with Crippen LogP contribution in [0.25, 0.3) is 0 Å². The fourth-order valence-corrected chi connectivity index (χ4v) is 0.951. The number of non-ortho nitro benzene ring substituents is 1. The van der Waals surface area contributed by atoms with E-state index in [0.717, 1.165) is 6.07 Å². The van der Waals surface area contributed by atoms with Gasteiger partial charge in [0.2, 0.25) is 0 Å². The largest absolute Gasteiger partial charge is 0.480 e. The van der Waals surface area contributed by atoms with Gasteiger partial charge < -0.3 is 21.1 Å². The molecule has 20 heavy (non-hydrogen) atoms. The number of hydrogen-bond acceptors (Lipinski definition) is 6. The Morgan fingerprint density at radius 3 is 2.15 bits per heavy atom. The van der Waals surface area contributed by atoms with Gasteiger partial charge in [-0.2, -0.15) is 0 Å². The number of nitro benzene ring substituents is 1. The molecule has 5 N–H and O–H groups in total. The Hall–Kier alpha value is -2.52. The van der Waals surface area contributed by atoms with Crippen molar-refractivity contribution in [2.24, 2.45) is 5.73 Å². The van der Waals surface area contributed by atoms with Gasteiger partial charge in [-0.15, -0.1) is 0 Å². The smallest absolute Gasteiger partial charge is 0.337 e. The highest BCUT2D eigenvalue weighted by atomic mass is 16.6. The second kappa shape index (κ2) is 7.81. The highest BCUT2D eigenvalue weighted by Crippen LogP contribution is 2.18. The molecular formula is C11H14N2O7. The third-order valence-corrected chi connectivity index (χ3v) is 2.02. The van der Waals surface area contributed by atoms with Gasteiger partial charge in [-0.05, 0) is 12.5 Å². The molecule has 0 saturated carbocycles. The minimum atomic E-state index is -1.73. The van der Waals surface area contributed by atoms with Crippen LogP contribution in [0.5, 0.6) is 0 Å². The monoisotopic (exact) mass is 286 g/mol. The van der Waals surface area contributed by atoms with E-state index in [4.69, 9.17) is 21.1 Å². The number of nitrogens with zero attached hydrogens (tertiary/aromatic N) is 1. The van der Waals surface area contributed by atoms with Crippen molar-refractivity contribution in [3.8, 4) is 0 Å². The van der Waals surface area contributed by atoms with E-state index >= 15 is 0 Å². The van der Waals surface area contributed by atoms with Crippen LogP contribution in [0.3, 0.4) is 0 Å². The molecule has 0 aliphatic rings. The van der Waals surface area contributed by atoms with Crippen molar-refractivity contribution in [2.75, 3.05) is 0 Å². The molecule has 0 aliphatic heterocycles. The predicted molar refractivity (Wildman–Crippen MR) is 67.0 cm³/mol. The van der Waals surface area contributed by atoms with Crippen molar-refractivity contribution in [2.45, 2.75) is 19.1 Å². The second-order valence-electron chi connectivity index (χ2n) is 3.72. The first-order valence-corrected chi connectivity index (χ1v) is 5.30. The van der Waals surface area contributed by atoms with Gasteiger partial charge in [0.15, 0.2) is 6.10 Å². The molecule has 1 unspecified atom stereocenters. The SMILES string of the molecule is C[C@H](N)C(=O)O.O=C(O)C(O)c1cccc([N+](=O)[O-])c1. The van der Waals surface area contributed by atoms with Crippen LogP contribution in [0.1, 0.15) is 18.6 Å². The van der Waals surface area contributed by atoms with Crippen LogP contribution in [0.2, 0.25) is 0 Å². The van der Waals surface area contributed by atoms with E-state index < -0.39 is 29.0 Å². The summed E-state index contributed by atoms with van der Waals surface area (Å²) in [6, 6.07) is 4.15.